The lowest BCUT2D eigenvalue weighted by Gasteiger charge is -1.99. The van der Waals surface area contributed by atoms with Crippen LogP contribution in [0.15, 0.2) is 87.2 Å². The number of hydrogen-bond donors (Lipinski definition) is 9. The predicted molar refractivity (Wildman–Crippen MR) is 149 cm³/mol. The highest BCUT2D eigenvalue weighted by atomic mass is 27.0. The molecule has 0 aliphatic rings. The van der Waals surface area contributed by atoms with Gasteiger partial charge in [-0.25, -0.2) is 0 Å². The van der Waals surface area contributed by atoms with E-state index in [4.69, 9.17) is 15.3 Å². The largest absolute Gasteiger partial charge is 0.506 e. The molecule has 3 aromatic heterocycles. The molecule has 0 aliphatic heterocycles. The molecule has 3 heterocycles. The summed E-state index contributed by atoms with van der Waals surface area (Å²) in [6.07, 6.45) is 0. The zero-order valence-corrected chi connectivity index (χ0v) is 21.6. The maximum atomic E-state index is 11.0. The third-order valence-corrected chi connectivity index (χ3v) is 5.51. The Morgan fingerprint density at radius 1 is 0.400 bits per heavy atom. The average molecular weight is 558 g/mol. The first-order valence-electron chi connectivity index (χ1n) is 11.2. The second-order valence-corrected chi connectivity index (χ2v) is 8.18. The van der Waals surface area contributed by atoms with E-state index in [0.717, 1.165) is 0 Å². The lowest BCUT2D eigenvalue weighted by molar-refractivity contribution is 0.465. The molecule has 0 saturated carbocycles. The number of H-pyrrole nitrogens is 3. The summed E-state index contributed by atoms with van der Waals surface area (Å²) in [7, 11) is 0. The lowest BCUT2D eigenvalue weighted by Crippen LogP contribution is -2.04. The molecule has 12 nitrogen and oxygen atoms in total. The van der Waals surface area contributed by atoms with Crippen molar-refractivity contribution in [1.82, 2.24) is 15.0 Å². The Morgan fingerprint density at radius 3 is 0.900 bits per heavy atom. The fourth-order valence-corrected chi connectivity index (χ4v) is 3.61. The number of aromatic nitrogens is 3. The molecule has 0 saturated heterocycles. The molecule has 0 unspecified atom stereocenters. The Kier molecular flexibility index (Phi) is 8.75. The van der Waals surface area contributed by atoms with E-state index >= 15 is 0 Å². The summed E-state index contributed by atoms with van der Waals surface area (Å²) >= 11 is 0. The highest BCUT2D eigenvalue weighted by molar-refractivity contribution is 5.86. The van der Waals surface area contributed by atoms with E-state index in [1.165, 1.54) is 36.4 Å². The van der Waals surface area contributed by atoms with E-state index in [9.17, 15) is 29.7 Å². The van der Waals surface area contributed by atoms with E-state index in [2.05, 4.69) is 15.0 Å². The zero-order valence-electron chi connectivity index (χ0n) is 20.4. The smallest absolute Gasteiger partial charge is 0.290 e. The Hall–Kier alpha value is -5.38. The molecule has 0 amide bonds. The van der Waals surface area contributed by atoms with Crippen LogP contribution < -0.4 is 16.7 Å². The fraction of sp³-hybridized carbons (Fsp3) is 0. The Bertz CT molecular complexity index is 1790. The molecular formula is C27H21AlN3O9. The van der Waals surface area contributed by atoms with Gasteiger partial charge in [0.05, 0.1) is 16.6 Å². The van der Waals surface area contributed by atoms with Gasteiger partial charge in [-0.15, -0.1) is 0 Å². The molecular weight excluding hydrogens is 537 g/mol. The maximum absolute atomic E-state index is 11.0. The van der Waals surface area contributed by atoms with Gasteiger partial charge in [-0.05, 0) is 36.4 Å². The molecule has 201 valence electrons. The van der Waals surface area contributed by atoms with Crippen LogP contribution in [0, 0.1) is 0 Å². The van der Waals surface area contributed by atoms with Crippen molar-refractivity contribution in [2.75, 3.05) is 0 Å². The summed E-state index contributed by atoms with van der Waals surface area (Å²) in [6.45, 7) is 0. The summed E-state index contributed by atoms with van der Waals surface area (Å²) in [6, 6.07) is 18.3. The standard InChI is InChI=1S/3C9H7NO3.Al/c3*11-6-3-1-2-5-4-7(12)9(13)10-8(5)6;/h3*1-4,11-12H,(H,10,13);. The fourth-order valence-electron chi connectivity index (χ4n) is 3.61. The van der Waals surface area contributed by atoms with Crippen molar-refractivity contribution in [3.05, 3.63) is 104 Å². The second kappa shape index (κ2) is 12.0. The highest BCUT2D eigenvalue weighted by Crippen LogP contribution is 2.24. The van der Waals surface area contributed by atoms with Crippen LogP contribution in [0.1, 0.15) is 0 Å². The molecule has 6 rings (SSSR count). The minimum Gasteiger partial charge on any atom is -0.506 e. The summed E-state index contributed by atoms with van der Waals surface area (Å²) in [5.74, 6) is -1.06. The monoisotopic (exact) mass is 558 g/mol. The van der Waals surface area contributed by atoms with Crippen molar-refractivity contribution >= 4 is 50.1 Å². The number of phenols is 3. The van der Waals surface area contributed by atoms with Crippen LogP contribution >= 0.6 is 0 Å². The number of para-hydroxylation sites is 3. The molecule has 9 N–H and O–H groups in total. The SMILES string of the molecule is O=c1[nH]c2c(O)cccc2cc1O.O=c1[nH]c2c(O)cccc2cc1O.O=c1[nH]c2c(O)cccc2cc1O.[Al]. The molecule has 0 bridgehead atoms. The number of rotatable bonds is 0. The predicted octanol–water partition coefficient (Wildman–Crippen LogP) is 2.44. The number of nitrogens with one attached hydrogen (secondary N) is 3. The molecule has 13 heteroatoms. The van der Waals surface area contributed by atoms with Gasteiger partial charge in [0.2, 0.25) is 0 Å². The number of aromatic hydroxyl groups is 6. The van der Waals surface area contributed by atoms with E-state index in [-0.39, 0.29) is 51.9 Å². The summed E-state index contributed by atoms with van der Waals surface area (Å²) in [5.41, 5.74) is -0.794. The van der Waals surface area contributed by atoms with Crippen molar-refractivity contribution in [3.8, 4) is 34.5 Å². The van der Waals surface area contributed by atoms with Gasteiger partial charge in [0.15, 0.2) is 17.2 Å². The number of fused-ring (bicyclic) bond motifs is 3. The third-order valence-electron chi connectivity index (χ3n) is 5.51. The first kappa shape index (κ1) is 29.2. The van der Waals surface area contributed by atoms with Gasteiger partial charge in [0, 0.05) is 33.5 Å². The quantitative estimate of drug-likeness (QED) is 0.125. The van der Waals surface area contributed by atoms with Gasteiger partial charge in [0.25, 0.3) is 16.7 Å². The third kappa shape index (κ3) is 6.19. The zero-order chi connectivity index (χ0) is 28.3. The molecule has 0 fully saturated rings. The van der Waals surface area contributed by atoms with Gasteiger partial charge in [-0.3, -0.25) is 14.4 Å². The number of aromatic amines is 3. The molecule has 0 spiro atoms. The van der Waals surface area contributed by atoms with Crippen LogP contribution in [0.25, 0.3) is 32.7 Å². The van der Waals surface area contributed by atoms with Crippen molar-refractivity contribution in [2.45, 2.75) is 0 Å². The van der Waals surface area contributed by atoms with Crippen LogP contribution in [0.3, 0.4) is 0 Å². The average Bonchev–Trinajstić information content (AvgIpc) is 2.89. The topological polar surface area (TPSA) is 220 Å². The van der Waals surface area contributed by atoms with Crippen molar-refractivity contribution in [1.29, 1.82) is 0 Å². The summed E-state index contributed by atoms with van der Waals surface area (Å²) in [4.78, 5) is 40.0. The van der Waals surface area contributed by atoms with Crippen LogP contribution in [-0.2, 0) is 0 Å². The minimum absolute atomic E-state index is 0. The van der Waals surface area contributed by atoms with Gasteiger partial charge in [-0.1, -0.05) is 36.4 Å². The van der Waals surface area contributed by atoms with Crippen LogP contribution in [0.4, 0.5) is 0 Å². The van der Waals surface area contributed by atoms with E-state index in [0.29, 0.717) is 32.7 Å². The number of phenolic OH excluding ortho intramolecular Hbond substituents is 3. The normalized spacial score (nSPS) is 10.2. The summed E-state index contributed by atoms with van der Waals surface area (Å²) < 4.78 is 0. The van der Waals surface area contributed by atoms with Crippen molar-refractivity contribution in [3.63, 3.8) is 0 Å². The van der Waals surface area contributed by atoms with Crippen LogP contribution in [0.5, 0.6) is 34.5 Å². The minimum atomic E-state index is -0.603. The molecule has 0 aliphatic carbocycles. The van der Waals surface area contributed by atoms with Gasteiger partial charge in [-0.2, -0.15) is 0 Å². The second-order valence-electron chi connectivity index (χ2n) is 8.18. The lowest BCUT2D eigenvalue weighted by atomic mass is 10.2. The van der Waals surface area contributed by atoms with Crippen molar-refractivity contribution < 1.29 is 30.6 Å². The van der Waals surface area contributed by atoms with Crippen LogP contribution in [0.2, 0.25) is 0 Å². The van der Waals surface area contributed by atoms with E-state index in [1.54, 1.807) is 36.4 Å². The Morgan fingerprint density at radius 2 is 0.650 bits per heavy atom. The molecule has 6 aromatic rings. The molecule has 40 heavy (non-hydrogen) atoms. The Balaban J connectivity index is 0.000000163. The highest BCUT2D eigenvalue weighted by Gasteiger charge is 2.05. The molecule has 3 aromatic carbocycles. The molecule has 0 atom stereocenters. The van der Waals surface area contributed by atoms with Gasteiger partial charge < -0.3 is 45.6 Å². The van der Waals surface area contributed by atoms with Gasteiger partial charge in [0.1, 0.15) is 17.2 Å². The molecule has 3 radical (unpaired) electrons. The van der Waals surface area contributed by atoms with E-state index < -0.39 is 16.7 Å². The van der Waals surface area contributed by atoms with Crippen molar-refractivity contribution in [2.24, 2.45) is 0 Å². The van der Waals surface area contributed by atoms with Gasteiger partial charge >= 0.3 is 0 Å². The first-order valence-corrected chi connectivity index (χ1v) is 11.2. The Labute approximate surface area is 233 Å². The maximum Gasteiger partial charge on any atom is 0.290 e. The first-order chi connectivity index (χ1) is 18.5. The number of pyridine rings is 3. The number of benzene rings is 3. The van der Waals surface area contributed by atoms with Crippen LogP contribution in [-0.4, -0.2) is 63.0 Å². The number of hydrogen-bond acceptors (Lipinski definition) is 9. The summed E-state index contributed by atoms with van der Waals surface area (Å²) in [5, 5.41) is 57.0. The van der Waals surface area contributed by atoms with E-state index in [1.807, 2.05) is 0 Å².